The second kappa shape index (κ2) is 13.7. The number of hydrogen-bond acceptors (Lipinski definition) is 5. The van der Waals surface area contributed by atoms with Crippen molar-refractivity contribution in [2.45, 2.75) is 51.6 Å². The molecule has 0 fully saturated rings. The maximum absolute atomic E-state index is 14.0. The van der Waals surface area contributed by atoms with Crippen LogP contribution in [0.5, 0.6) is 5.75 Å². The van der Waals surface area contributed by atoms with Crippen LogP contribution in [0.2, 0.25) is 5.02 Å². The molecule has 0 bridgehead atoms. The summed E-state index contributed by atoms with van der Waals surface area (Å²) in [7, 11) is -2.62. The summed E-state index contributed by atoms with van der Waals surface area (Å²) in [5, 5.41) is 3.20. The minimum atomic E-state index is -4.17. The summed E-state index contributed by atoms with van der Waals surface area (Å²) in [6, 6.07) is 17.6. The van der Waals surface area contributed by atoms with Crippen molar-refractivity contribution in [2.75, 3.05) is 24.5 Å². The smallest absolute Gasteiger partial charge is 0.264 e. The monoisotopic (exact) mass is 585 g/mol. The van der Waals surface area contributed by atoms with Crippen LogP contribution < -0.4 is 14.4 Å². The summed E-state index contributed by atoms with van der Waals surface area (Å²) in [5.41, 5.74) is 2.64. The number of carbonyl (C=O) groups is 2. The van der Waals surface area contributed by atoms with Gasteiger partial charge in [-0.2, -0.15) is 0 Å². The van der Waals surface area contributed by atoms with Gasteiger partial charge in [0.1, 0.15) is 18.3 Å². The van der Waals surface area contributed by atoms with Crippen LogP contribution in [0, 0.1) is 13.8 Å². The fourth-order valence-corrected chi connectivity index (χ4v) is 5.63. The Bertz CT molecular complexity index is 1440. The van der Waals surface area contributed by atoms with E-state index in [1.807, 2.05) is 26.8 Å². The van der Waals surface area contributed by atoms with Gasteiger partial charge in [-0.3, -0.25) is 13.9 Å². The number of nitrogens with one attached hydrogen (secondary N) is 1. The van der Waals surface area contributed by atoms with Crippen LogP contribution in [0.15, 0.2) is 71.6 Å². The molecule has 0 heterocycles. The molecule has 0 spiro atoms. The van der Waals surface area contributed by atoms with Gasteiger partial charge in [0.05, 0.1) is 17.7 Å². The van der Waals surface area contributed by atoms with Crippen molar-refractivity contribution in [3.63, 3.8) is 0 Å². The lowest BCUT2D eigenvalue weighted by Crippen LogP contribution is -2.51. The largest absolute Gasteiger partial charge is 0.497 e. The average molecular weight is 586 g/mol. The van der Waals surface area contributed by atoms with E-state index in [9.17, 15) is 18.0 Å². The van der Waals surface area contributed by atoms with Gasteiger partial charge in [0, 0.05) is 18.1 Å². The highest BCUT2D eigenvalue weighted by Gasteiger charge is 2.32. The molecule has 0 radical (unpaired) electrons. The number of amides is 2. The third-order valence-corrected chi connectivity index (χ3v) is 8.73. The van der Waals surface area contributed by atoms with Crippen LogP contribution in [0.1, 0.15) is 37.0 Å². The van der Waals surface area contributed by atoms with E-state index >= 15 is 0 Å². The first-order valence-corrected chi connectivity index (χ1v) is 14.9. The Morgan fingerprint density at radius 1 is 1.02 bits per heavy atom. The van der Waals surface area contributed by atoms with E-state index < -0.39 is 28.5 Å². The highest BCUT2D eigenvalue weighted by Crippen LogP contribution is 2.29. The number of carbonyl (C=O) groups excluding carboxylic acids is 2. The Morgan fingerprint density at radius 3 is 2.35 bits per heavy atom. The lowest BCUT2D eigenvalue weighted by molar-refractivity contribution is -0.139. The second-order valence-corrected chi connectivity index (χ2v) is 11.9. The van der Waals surface area contributed by atoms with Gasteiger partial charge in [-0.05, 0) is 74.7 Å². The van der Waals surface area contributed by atoms with Crippen molar-refractivity contribution in [2.24, 2.45) is 0 Å². The first kappa shape index (κ1) is 31.0. The molecule has 8 nitrogen and oxygen atoms in total. The molecule has 214 valence electrons. The second-order valence-electron chi connectivity index (χ2n) is 9.60. The molecule has 0 saturated carbocycles. The highest BCUT2D eigenvalue weighted by atomic mass is 35.5. The maximum Gasteiger partial charge on any atom is 0.264 e. The normalized spacial score (nSPS) is 11.9. The lowest BCUT2D eigenvalue weighted by atomic mass is 10.1. The minimum absolute atomic E-state index is 0.0377. The number of anilines is 1. The number of rotatable bonds is 12. The van der Waals surface area contributed by atoms with Crippen LogP contribution >= 0.6 is 11.6 Å². The molecule has 3 aromatic carbocycles. The fourth-order valence-electron chi connectivity index (χ4n) is 4.05. The maximum atomic E-state index is 14.0. The van der Waals surface area contributed by atoms with Gasteiger partial charge >= 0.3 is 0 Å². The number of aryl methyl sites for hydroxylation is 2. The van der Waals surface area contributed by atoms with Crippen molar-refractivity contribution in [3.05, 3.63) is 88.4 Å². The van der Waals surface area contributed by atoms with Gasteiger partial charge in [-0.15, -0.1) is 0 Å². The molecule has 40 heavy (non-hydrogen) atoms. The van der Waals surface area contributed by atoms with Gasteiger partial charge in [0.15, 0.2) is 0 Å². The number of sulfonamides is 1. The number of methoxy groups -OCH3 is 1. The quantitative estimate of drug-likeness (QED) is 0.319. The number of hydrogen-bond donors (Lipinski definition) is 1. The molecule has 2 amide bonds. The van der Waals surface area contributed by atoms with E-state index in [2.05, 4.69) is 5.32 Å². The molecule has 0 aliphatic heterocycles. The molecular formula is C30H36ClN3O5S. The van der Waals surface area contributed by atoms with Crippen molar-refractivity contribution < 1.29 is 22.7 Å². The van der Waals surface area contributed by atoms with Crippen LogP contribution in [-0.4, -0.2) is 51.4 Å². The van der Waals surface area contributed by atoms with Gasteiger partial charge in [-0.25, -0.2) is 8.42 Å². The number of benzene rings is 3. The van der Waals surface area contributed by atoms with Crippen molar-refractivity contribution in [3.8, 4) is 5.75 Å². The van der Waals surface area contributed by atoms with Crippen LogP contribution in [0.3, 0.4) is 0 Å². The third kappa shape index (κ3) is 7.55. The Labute approximate surface area is 241 Å². The van der Waals surface area contributed by atoms with Crippen LogP contribution in [-0.2, 0) is 26.2 Å². The molecule has 1 N–H and O–H groups in total. The molecule has 0 saturated heterocycles. The summed E-state index contributed by atoms with van der Waals surface area (Å²) in [6.07, 6.45) is 0.735. The molecule has 0 unspecified atom stereocenters. The Hall–Kier alpha value is -3.56. The summed E-state index contributed by atoms with van der Waals surface area (Å²) < 4.78 is 34.2. The molecule has 0 aromatic heterocycles. The highest BCUT2D eigenvalue weighted by molar-refractivity contribution is 7.92. The van der Waals surface area contributed by atoms with E-state index in [4.69, 9.17) is 16.3 Å². The molecule has 1 atom stereocenters. The summed E-state index contributed by atoms with van der Waals surface area (Å²) >= 11 is 6.37. The number of ether oxygens (including phenoxy) is 1. The fraction of sp³-hybridized carbons (Fsp3) is 0.333. The average Bonchev–Trinajstić information content (AvgIpc) is 2.94. The topological polar surface area (TPSA) is 96.0 Å². The van der Waals surface area contributed by atoms with Crippen molar-refractivity contribution in [1.82, 2.24) is 10.2 Å². The molecule has 3 rings (SSSR count). The van der Waals surface area contributed by atoms with Gasteiger partial charge in [0.2, 0.25) is 11.8 Å². The Morgan fingerprint density at radius 2 is 1.73 bits per heavy atom. The summed E-state index contributed by atoms with van der Waals surface area (Å²) in [4.78, 5) is 28.4. The molecule has 10 heteroatoms. The van der Waals surface area contributed by atoms with Gasteiger partial charge < -0.3 is 15.0 Å². The lowest BCUT2D eigenvalue weighted by Gasteiger charge is -2.32. The Kier molecular flexibility index (Phi) is 10.6. The standard InChI is InChI=1S/C30H36ClN3O5S/c1-6-16-32-30(36)23(4)33(19-24-8-7-9-26(17-24)39-5)29(35)20-34(25-13-12-22(3)28(31)18-25)40(37,38)27-14-10-21(2)11-15-27/h7-15,17-18,23H,6,16,19-20H2,1-5H3,(H,32,36)/t23-/m0/s1. The van der Waals surface area contributed by atoms with E-state index in [0.717, 1.165) is 27.4 Å². The zero-order chi connectivity index (χ0) is 29.4. The van der Waals surface area contributed by atoms with E-state index in [1.54, 1.807) is 56.5 Å². The molecule has 0 aliphatic rings. The minimum Gasteiger partial charge on any atom is -0.497 e. The number of halogens is 1. The SMILES string of the molecule is CCCNC(=O)[C@H](C)N(Cc1cccc(OC)c1)C(=O)CN(c1ccc(C)c(Cl)c1)S(=O)(=O)c1ccc(C)cc1. The van der Waals surface area contributed by atoms with E-state index in [0.29, 0.717) is 17.3 Å². The van der Waals surface area contributed by atoms with Crippen molar-refractivity contribution >= 4 is 39.1 Å². The van der Waals surface area contributed by atoms with Crippen LogP contribution in [0.25, 0.3) is 0 Å². The van der Waals surface area contributed by atoms with E-state index in [1.165, 1.54) is 23.1 Å². The van der Waals surface area contributed by atoms with Crippen molar-refractivity contribution in [1.29, 1.82) is 0 Å². The summed E-state index contributed by atoms with van der Waals surface area (Å²) in [6.45, 7) is 7.23. The first-order chi connectivity index (χ1) is 19.0. The molecular weight excluding hydrogens is 550 g/mol. The van der Waals surface area contributed by atoms with Crippen LogP contribution in [0.4, 0.5) is 5.69 Å². The third-order valence-electron chi connectivity index (χ3n) is 6.53. The van der Waals surface area contributed by atoms with Gasteiger partial charge in [0.25, 0.3) is 10.0 Å². The zero-order valence-electron chi connectivity index (χ0n) is 23.5. The Balaban J connectivity index is 2.05. The first-order valence-electron chi connectivity index (χ1n) is 13.0. The predicted octanol–water partition coefficient (Wildman–Crippen LogP) is 5.10. The molecule has 3 aromatic rings. The predicted molar refractivity (Wildman–Crippen MR) is 158 cm³/mol. The molecule has 0 aliphatic carbocycles. The van der Waals surface area contributed by atoms with Gasteiger partial charge in [-0.1, -0.05) is 54.4 Å². The van der Waals surface area contributed by atoms with E-state index in [-0.39, 0.29) is 23.0 Å². The number of nitrogens with zero attached hydrogens (tertiary/aromatic N) is 2. The summed E-state index contributed by atoms with van der Waals surface area (Å²) in [5.74, 6) is -0.273. The zero-order valence-corrected chi connectivity index (χ0v) is 25.1.